The van der Waals surface area contributed by atoms with Gasteiger partial charge in [-0.1, -0.05) is 48.9 Å². The molecule has 34 heavy (non-hydrogen) atoms. The molecule has 3 aromatic rings. The van der Waals surface area contributed by atoms with E-state index in [1.54, 1.807) is 11.9 Å². The molecule has 3 heterocycles. The number of nitrogens with zero attached hydrogens (tertiary/aromatic N) is 3. The lowest BCUT2D eigenvalue weighted by atomic mass is 9.99. The maximum atomic E-state index is 12.9. The highest BCUT2D eigenvalue weighted by atomic mass is 16.5. The lowest BCUT2D eigenvalue weighted by molar-refractivity contribution is -0.122. The van der Waals surface area contributed by atoms with Gasteiger partial charge < -0.3 is 14.4 Å². The van der Waals surface area contributed by atoms with Gasteiger partial charge in [0.2, 0.25) is 5.91 Å². The van der Waals surface area contributed by atoms with Gasteiger partial charge in [0.25, 0.3) is 0 Å². The number of para-hydroxylation sites is 2. The molecule has 176 valence electrons. The van der Waals surface area contributed by atoms with Crippen LogP contribution in [0, 0.1) is 5.92 Å². The number of amides is 1. The fraction of sp³-hybridized carbons (Fsp3) is 0.370. The molecule has 2 aliphatic rings. The number of Topliss-reactive ketones (excluding diaryl/α,β-unsaturated/α-hetero) is 1. The Bertz CT molecular complexity index is 1170. The highest BCUT2D eigenvalue weighted by Crippen LogP contribution is 2.33. The number of unbranched alkanes of at least 4 members (excludes halogenated alkanes) is 1. The molecule has 0 saturated carbocycles. The number of hydrogen-bond donors (Lipinski definition) is 0. The van der Waals surface area contributed by atoms with E-state index in [1.165, 1.54) is 0 Å². The van der Waals surface area contributed by atoms with Gasteiger partial charge in [0.15, 0.2) is 5.78 Å². The average Bonchev–Trinajstić information content (AvgIpc) is 3.28. The molecule has 0 N–H and O–H groups in total. The molecule has 0 radical (unpaired) electrons. The third-order valence-corrected chi connectivity index (χ3v) is 6.61. The van der Waals surface area contributed by atoms with Gasteiger partial charge in [-0.2, -0.15) is 5.10 Å². The van der Waals surface area contributed by atoms with Crippen molar-refractivity contribution in [2.75, 3.05) is 25.2 Å². The van der Waals surface area contributed by atoms with Gasteiger partial charge in [-0.3, -0.25) is 14.3 Å². The highest BCUT2D eigenvalue weighted by molar-refractivity contribution is 5.96. The van der Waals surface area contributed by atoms with E-state index in [1.807, 2.05) is 65.3 Å². The van der Waals surface area contributed by atoms with Crippen LogP contribution in [0.25, 0.3) is 0 Å². The van der Waals surface area contributed by atoms with Crippen LogP contribution in [0.2, 0.25) is 0 Å². The molecule has 2 aromatic carbocycles. The third-order valence-electron chi connectivity index (χ3n) is 6.61. The molecule has 0 unspecified atom stereocenters. The first-order chi connectivity index (χ1) is 16.6. The Labute approximate surface area is 199 Å². The van der Waals surface area contributed by atoms with Gasteiger partial charge >= 0.3 is 0 Å². The number of anilines is 1. The van der Waals surface area contributed by atoms with Crippen LogP contribution in [0.5, 0.6) is 5.75 Å². The van der Waals surface area contributed by atoms with Crippen molar-refractivity contribution >= 4 is 17.4 Å². The molecule has 7 nitrogen and oxygen atoms in total. The molecule has 5 rings (SSSR count). The standard InChI is InChI=1S/C27H29N3O4/c1-29-22-12-6-8-14-25(22)34-18-20(27(29)32)11-5-7-13-24(31)21-17-23-26(19-9-3-2-4-10-19)33-16-15-30(23)28-21/h2-4,6,8-10,12,14,17,20,26H,5,7,11,13,15-16,18H2,1H3/t20-,26-/m0/s1. The van der Waals surface area contributed by atoms with E-state index in [4.69, 9.17) is 9.47 Å². The van der Waals surface area contributed by atoms with E-state index in [0.717, 1.165) is 29.1 Å². The van der Waals surface area contributed by atoms with Crippen molar-refractivity contribution in [3.05, 3.63) is 77.6 Å². The SMILES string of the molecule is CN1C(=O)[C@@H](CCCCC(=O)c2cc3n(n2)CCO[C@H]3c2ccccc2)COc2ccccc21. The van der Waals surface area contributed by atoms with Crippen LogP contribution >= 0.6 is 0 Å². The number of rotatable bonds is 7. The topological polar surface area (TPSA) is 73.7 Å². The first-order valence-electron chi connectivity index (χ1n) is 11.9. The van der Waals surface area contributed by atoms with Crippen molar-refractivity contribution in [3.8, 4) is 5.75 Å². The lowest BCUT2D eigenvalue weighted by Crippen LogP contribution is -2.33. The van der Waals surface area contributed by atoms with Crippen molar-refractivity contribution in [2.45, 2.75) is 38.3 Å². The van der Waals surface area contributed by atoms with Crippen LogP contribution in [0.3, 0.4) is 0 Å². The van der Waals surface area contributed by atoms with E-state index in [-0.39, 0.29) is 23.7 Å². The summed E-state index contributed by atoms with van der Waals surface area (Å²) >= 11 is 0. The van der Waals surface area contributed by atoms with E-state index < -0.39 is 0 Å². The predicted molar refractivity (Wildman–Crippen MR) is 128 cm³/mol. The maximum absolute atomic E-state index is 12.9. The van der Waals surface area contributed by atoms with E-state index in [9.17, 15) is 9.59 Å². The molecule has 0 saturated heterocycles. The highest BCUT2D eigenvalue weighted by Gasteiger charge is 2.29. The van der Waals surface area contributed by atoms with E-state index in [0.29, 0.717) is 44.7 Å². The van der Waals surface area contributed by atoms with Gasteiger partial charge in [0.05, 0.1) is 37.1 Å². The Balaban J connectivity index is 1.16. The summed E-state index contributed by atoms with van der Waals surface area (Å²) in [5.41, 5.74) is 3.27. The lowest BCUT2D eigenvalue weighted by Gasteiger charge is -2.24. The van der Waals surface area contributed by atoms with E-state index in [2.05, 4.69) is 5.10 Å². The minimum absolute atomic E-state index is 0.0293. The van der Waals surface area contributed by atoms with Crippen molar-refractivity contribution in [3.63, 3.8) is 0 Å². The monoisotopic (exact) mass is 459 g/mol. The number of hydrogen-bond acceptors (Lipinski definition) is 5. The molecular weight excluding hydrogens is 430 g/mol. The number of aromatic nitrogens is 2. The van der Waals surface area contributed by atoms with Crippen LogP contribution in [-0.4, -0.2) is 41.7 Å². The number of carbonyl (C=O) groups excluding carboxylic acids is 2. The van der Waals surface area contributed by atoms with Crippen LogP contribution in [-0.2, 0) is 16.1 Å². The van der Waals surface area contributed by atoms with Gasteiger partial charge in [0, 0.05) is 13.5 Å². The van der Waals surface area contributed by atoms with Crippen LogP contribution in [0.15, 0.2) is 60.7 Å². The minimum Gasteiger partial charge on any atom is -0.491 e. The number of benzene rings is 2. The smallest absolute Gasteiger partial charge is 0.233 e. The molecule has 0 bridgehead atoms. The van der Waals surface area contributed by atoms with Crippen LogP contribution in [0.1, 0.15) is 53.5 Å². The van der Waals surface area contributed by atoms with Crippen molar-refractivity contribution in [1.29, 1.82) is 0 Å². The molecule has 0 aliphatic carbocycles. The average molecular weight is 460 g/mol. The zero-order valence-electron chi connectivity index (χ0n) is 19.4. The summed E-state index contributed by atoms with van der Waals surface area (Å²) in [6.45, 7) is 1.58. The van der Waals surface area contributed by atoms with E-state index >= 15 is 0 Å². The van der Waals surface area contributed by atoms with Gasteiger partial charge in [-0.15, -0.1) is 0 Å². The minimum atomic E-state index is -0.212. The summed E-state index contributed by atoms with van der Waals surface area (Å²) < 4.78 is 13.8. The molecule has 1 amide bonds. The summed E-state index contributed by atoms with van der Waals surface area (Å²) in [7, 11) is 1.79. The number of carbonyl (C=O) groups is 2. The Morgan fingerprint density at radius 3 is 2.74 bits per heavy atom. The number of fused-ring (bicyclic) bond motifs is 2. The maximum Gasteiger partial charge on any atom is 0.233 e. The zero-order valence-corrected chi connectivity index (χ0v) is 19.4. The Kier molecular flexibility index (Phi) is 6.45. The molecule has 7 heteroatoms. The largest absolute Gasteiger partial charge is 0.491 e. The van der Waals surface area contributed by atoms with Crippen molar-refractivity contribution < 1.29 is 19.1 Å². The first kappa shape index (κ1) is 22.3. The second kappa shape index (κ2) is 9.81. The van der Waals surface area contributed by atoms with Crippen molar-refractivity contribution in [1.82, 2.24) is 9.78 Å². The van der Waals surface area contributed by atoms with Crippen LogP contribution < -0.4 is 9.64 Å². The second-order valence-electron chi connectivity index (χ2n) is 8.88. The summed E-state index contributed by atoms with van der Waals surface area (Å²) in [4.78, 5) is 27.4. The van der Waals surface area contributed by atoms with Gasteiger partial charge in [-0.25, -0.2) is 0 Å². The second-order valence-corrected chi connectivity index (χ2v) is 8.88. The summed E-state index contributed by atoms with van der Waals surface area (Å²) in [5, 5.41) is 4.56. The molecule has 0 fully saturated rings. The fourth-order valence-electron chi connectivity index (χ4n) is 4.72. The molecule has 1 aromatic heterocycles. The zero-order chi connectivity index (χ0) is 23.5. The Morgan fingerprint density at radius 2 is 1.88 bits per heavy atom. The summed E-state index contributed by atoms with van der Waals surface area (Å²) in [5.74, 6) is 0.612. The quantitative estimate of drug-likeness (QED) is 0.386. The Morgan fingerprint density at radius 1 is 1.09 bits per heavy atom. The third kappa shape index (κ3) is 4.48. The van der Waals surface area contributed by atoms with Gasteiger partial charge in [0.1, 0.15) is 17.5 Å². The number of ether oxygens (including phenoxy) is 2. The fourth-order valence-corrected chi connectivity index (χ4v) is 4.72. The van der Waals surface area contributed by atoms with Crippen molar-refractivity contribution in [2.24, 2.45) is 5.92 Å². The summed E-state index contributed by atoms with van der Waals surface area (Å²) in [6, 6.07) is 19.5. The summed E-state index contributed by atoms with van der Waals surface area (Å²) in [6.07, 6.45) is 2.38. The molecular formula is C27H29N3O4. The normalized spacial score (nSPS) is 19.7. The predicted octanol–water partition coefficient (Wildman–Crippen LogP) is 4.42. The van der Waals surface area contributed by atoms with Crippen LogP contribution in [0.4, 0.5) is 5.69 Å². The van der Waals surface area contributed by atoms with Gasteiger partial charge in [-0.05, 0) is 36.6 Å². The first-order valence-corrected chi connectivity index (χ1v) is 11.9. The Hall–Kier alpha value is -3.45. The number of ketones is 1. The molecule has 0 spiro atoms. The molecule has 2 aliphatic heterocycles. The molecule has 2 atom stereocenters.